The summed E-state index contributed by atoms with van der Waals surface area (Å²) < 4.78 is 58.2. The van der Waals surface area contributed by atoms with Gasteiger partial charge in [0.2, 0.25) is 5.88 Å². The molecule has 0 bridgehead atoms. The summed E-state index contributed by atoms with van der Waals surface area (Å²) in [4.78, 5) is 20.5. The molecule has 4 aromatic rings. The highest BCUT2D eigenvalue weighted by atomic mass is 19.4. The number of nitrogens with zero attached hydrogens (tertiary/aromatic N) is 4. The molecule has 0 unspecified atom stereocenters. The maximum absolute atomic E-state index is 13.2. The number of ether oxygens (including phenoxy) is 1. The molecule has 3 aromatic heterocycles. The Morgan fingerprint density at radius 3 is 2.53 bits per heavy atom. The van der Waals surface area contributed by atoms with Crippen molar-refractivity contribution in [3.8, 4) is 17.4 Å². The van der Waals surface area contributed by atoms with Gasteiger partial charge in [0, 0.05) is 31.1 Å². The highest BCUT2D eigenvalue weighted by Crippen LogP contribution is 2.29. The minimum atomic E-state index is -4.49. The molecule has 1 aromatic carbocycles. The molecular weight excluding hydrogens is 454 g/mol. The predicted octanol–water partition coefficient (Wildman–Crippen LogP) is 4.85. The smallest absolute Gasteiger partial charge is 0.417 e. The molecular formula is C23H17F4N5O2. The summed E-state index contributed by atoms with van der Waals surface area (Å²) in [7, 11) is 0. The summed E-state index contributed by atoms with van der Waals surface area (Å²) in [5.74, 6) is -0.117. The van der Waals surface area contributed by atoms with Gasteiger partial charge in [-0.15, -0.1) is 0 Å². The van der Waals surface area contributed by atoms with Crippen LogP contribution in [0.5, 0.6) is 11.6 Å². The average Bonchev–Trinajstić information content (AvgIpc) is 3.19. The van der Waals surface area contributed by atoms with Crippen molar-refractivity contribution in [3.05, 3.63) is 95.3 Å². The Hall–Kier alpha value is -4.28. The van der Waals surface area contributed by atoms with Gasteiger partial charge in [0.25, 0.3) is 5.91 Å². The first kappa shape index (κ1) is 22.9. The standard InChI is InChI=1S/C23H17F4N5O2/c1-14-19(13-31-32(14)20-7-6-16(12-28-20)23(25,26)27)22(33)30-11-15-5-8-21(29-10-15)34-18-4-2-3-17(24)9-18/h2-10,12-13H,11H2,1H3,(H,30,33). The Balaban J connectivity index is 1.38. The molecule has 1 amide bonds. The number of hydrogen-bond donors (Lipinski definition) is 1. The Labute approximate surface area is 191 Å². The van der Waals surface area contributed by atoms with Crippen molar-refractivity contribution in [2.45, 2.75) is 19.6 Å². The van der Waals surface area contributed by atoms with Gasteiger partial charge in [0.15, 0.2) is 5.82 Å². The highest BCUT2D eigenvalue weighted by molar-refractivity contribution is 5.95. The molecule has 0 saturated carbocycles. The topological polar surface area (TPSA) is 81.9 Å². The molecule has 3 heterocycles. The fourth-order valence-electron chi connectivity index (χ4n) is 3.05. The van der Waals surface area contributed by atoms with Crippen LogP contribution in [0.2, 0.25) is 0 Å². The number of carbonyl (C=O) groups is 1. The molecule has 4 rings (SSSR count). The van der Waals surface area contributed by atoms with Gasteiger partial charge in [-0.2, -0.15) is 18.3 Å². The minimum Gasteiger partial charge on any atom is -0.439 e. The lowest BCUT2D eigenvalue weighted by Crippen LogP contribution is -2.23. The summed E-state index contributed by atoms with van der Waals surface area (Å²) in [6.07, 6.45) is -0.950. The van der Waals surface area contributed by atoms with E-state index < -0.39 is 23.5 Å². The van der Waals surface area contributed by atoms with Crippen molar-refractivity contribution in [1.29, 1.82) is 0 Å². The van der Waals surface area contributed by atoms with Gasteiger partial charge in [-0.25, -0.2) is 19.0 Å². The summed E-state index contributed by atoms with van der Waals surface area (Å²) in [5.41, 5.74) is 0.483. The van der Waals surface area contributed by atoms with Crippen LogP contribution in [0.15, 0.2) is 67.1 Å². The van der Waals surface area contributed by atoms with Crippen molar-refractivity contribution in [2.24, 2.45) is 0 Å². The molecule has 0 aliphatic carbocycles. The fourth-order valence-corrected chi connectivity index (χ4v) is 3.05. The van der Waals surface area contributed by atoms with Crippen LogP contribution in [0.1, 0.15) is 27.2 Å². The summed E-state index contributed by atoms with van der Waals surface area (Å²) in [5, 5.41) is 6.80. The van der Waals surface area contributed by atoms with E-state index >= 15 is 0 Å². The second kappa shape index (κ2) is 9.30. The number of rotatable bonds is 6. The van der Waals surface area contributed by atoms with Gasteiger partial charge in [0.05, 0.1) is 23.0 Å². The SMILES string of the molecule is Cc1c(C(=O)NCc2ccc(Oc3cccc(F)c3)nc2)cnn1-c1ccc(C(F)(F)F)cn1. The Morgan fingerprint density at radius 2 is 1.88 bits per heavy atom. The lowest BCUT2D eigenvalue weighted by molar-refractivity contribution is -0.137. The van der Waals surface area contributed by atoms with E-state index in [9.17, 15) is 22.4 Å². The van der Waals surface area contributed by atoms with Crippen LogP contribution in [-0.2, 0) is 12.7 Å². The number of hydrogen-bond acceptors (Lipinski definition) is 5. The van der Waals surface area contributed by atoms with Crippen molar-refractivity contribution in [2.75, 3.05) is 0 Å². The number of halogens is 4. The third kappa shape index (κ3) is 5.20. The second-order valence-corrected chi connectivity index (χ2v) is 7.21. The van der Waals surface area contributed by atoms with E-state index in [0.29, 0.717) is 23.2 Å². The summed E-state index contributed by atoms with van der Waals surface area (Å²) in [6, 6.07) is 11.0. The summed E-state index contributed by atoms with van der Waals surface area (Å²) >= 11 is 0. The van der Waals surface area contributed by atoms with Gasteiger partial charge in [-0.1, -0.05) is 12.1 Å². The molecule has 174 valence electrons. The molecule has 0 aliphatic rings. The van der Waals surface area contributed by atoms with Crippen LogP contribution >= 0.6 is 0 Å². The largest absolute Gasteiger partial charge is 0.439 e. The normalized spacial score (nSPS) is 11.3. The van der Waals surface area contributed by atoms with Gasteiger partial charge in [0.1, 0.15) is 11.6 Å². The molecule has 11 heteroatoms. The molecule has 0 atom stereocenters. The number of aromatic nitrogens is 4. The number of nitrogens with one attached hydrogen (secondary N) is 1. The van der Waals surface area contributed by atoms with E-state index in [4.69, 9.17) is 4.74 Å². The van der Waals surface area contributed by atoms with Crippen molar-refractivity contribution >= 4 is 5.91 Å². The molecule has 0 spiro atoms. The minimum absolute atomic E-state index is 0.155. The van der Waals surface area contributed by atoms with Gasteiger partial charge in [-0.3, -0.25) is 4.79 Å². The Morgan fingerprint density at radius 1 is 1.06 bits per heavy atom. The number of pyridine rings is 2. The van der Waals surface area contributed by atoms with E-state index in [-0.39, 0.29) is 23.8 Å². The quantitative estimate of drug-likeness (QED) is 0.407. The average molecular weight is 471 g/mol. The van der Waals surface area contributed by atoms with Crippen molar-refractivity contribution < 1.29 is 27.1 Å². The molecule has 0 fully saturated rings. The molecule has 1 N–H and O–H groups in total. The van der Waals surface area contributed by atoms with Gasteiger partial charge in [-0.05, 0) is 36.8 Å². The van der Waals surface area contributed by atoms with E-state index in [1.807, 2.05) is 0 Å². The molecule has 0 radical (unpaired) electrons. The van der Waals surface area contributed by atoms with Crippen LogP contribution in [0.25, 0.3) is 5.82 Å². The Bertz CT molecular complexity index is 1300. The molecule has 0 saturated heterocycles. The number of amides is 1. The lowest BCUT2D eigenvalue weighted by atomic mass is 10.2. The predicted molar refractivity (Wildman–Crippen MR) is 113 cm³/mol. The van der Waals surface area contributed by atoms with Crippen LogP contribution < -0.4 is 10.1 Å². The van der Waals surface area contributed by atoms with Crippen molar-refractivity contribution in [1.82, 2.24) is 25.1 Å². The Kier molecular flexibility index (Phi) is 6.26. The number of carbonyl (C=O) groups excluding carboxylic acids is 1. The monoisotopic (exact) mass is 471 g/mol. The van der Waals surface area contributed by atoms with Gasteiger partial charge < -0.3 is 10.1 Å². The number of alkyl halides is 3. The molecule has 7 nitrogen and oxygen atoms in total. The fraction of sp³-hybridized carbons (Fsp3) is 0.130. The zero-order valence-corrected chi connectivity index (χ0v) is 17.7. The van der Waals surface area contributed by atoms with Crippen LogP contribution in [0, 0.1) is 12.7 Å². The first-order chi connectivity index (χ1) is 16.2. The lowest BCUT2D eigenvalue weighted by Gasteiger charge is -2.09. The van der Waals surface area contributed by atoms with E-state index in [2.05, 4.69) is 20.4 Å². The molecule has 0 aliphatic heterocycles. The van der Waals surface area contributed by atoms with E-state index in [1.54, 1.807) is 25.1 Å². The highest BCUT2D eigenvalue weighted by Gasteiger charge is 2.30. The van der Waals surface area contributed by atoms with Crippen molar-refractivity contribution in [3.63, 3.8) is 0 Å². The first-order valence-corrected chi connectivity index (χ1v) is 9.95. The van der Waals surface area contributed by atoms with Crippen LogP contribution in [0.3, 0.4) is 0 Å². The number of benzene rings is 1. The van der Waals surface area contributed by atoms with Gasteiger partial charge >= 0.3 is 6.18 Å². The zero-order valence-electron chi connectivity index (χ0n) is 17.7. The van der Waals surface area contributed by atoms with E-state index in [0.717, 1.165) is 6.07 Å². The summed E-state index contributed by atoms with van der Waals surface area (Å²) in [6.45, 7) is 1.77. The first-order valence-electron chi connectivity index (χ1n) is 9.95. The maximum Gasteiger partial charge on any atom is 0.417 e. The maximum atomic E-state index is 13.2. The zero-order chi connectivity index (χ0) is 24.3. The van der Waals surface area contributed by atoms with Crippen LogP contribution in [0.4, 0.5) is 17.6 Å². The third-order valence-electron chi connectivity index (χ3n) is 4.82. The second-order valence-electron chi connectivity index (χ2n) is 7.21. The van der Waals surface area contributed by atoms with E-state index in [1.165, 1.54) is 41.3 Å². The van der Waals surface area contributed by atoms with Crippen LogP contribution in [-0.4, -0.2) is 25.7 Å². The third-order valence-corrected chi connectivity index (χ3v) is 4.82. The molecule has 34 heavy (non-hydrogen) atoms.